The van der Waals surface area contributed by atoms with Crippen molar-refractivity contribution in [1.29, 1.82) is 0 Å². The summed E-state index contributed by atoms with van der Waals surface area (Å²) in [4.78, 5) is 4.22. The van der Waals surface area contributed by atoms with Gasteiger partial charge in [-0.3, -0.25) is 4.98 Å². The maximum absolute atomic E-state index is 8.46. The molecular weight excluding hydrogens is 204 g/mol. The lowest BCUT2D eigenvalue weighted by atomic mass is 10.1. The van der Waals surface area contributed by atoms with Crippen molar-refractivity contribution in [2.45, 2.75) is 13.3 Å². The van der Waals surface area contributed by atoms with Gasteiger partial charge in [0.2, 0.25) is 0 Å². The van der Waals surface area contributed by atoms with Crippen molar-refractivity contribution < 1.29 is 5.21 Å². The van der Waals surface area contributed by atoms with Gasteiger partial charge in [-0.1, -0.05) is 18.1 Å². The smallest absolute Gasteiger partial charge is 0.143 e. The molecule has 0 aliphatic rings. The Morgan fingerprint density at radius 1 is 1.62 bits per heavy atom. The van der Waals surface area contributed by atoms with Crippen LogP contribution in [0.4, 0.5) is 0 Å². The van der Waals surface area contributed by atoms with Gasteiger partial charge in [-0.2, -0.15) is 0 Å². The van der Waals surface area contributed by atoms with Gasteiger partial charge in [0.15, 0.2) is 0 Å². The van der Waals surface area contributed by atoms with Gasteiger partial charge in [0, 0.05) is 37.3 Å². The topological polar surface area (TPSA) is 83.5 Å². The number of hydrogen-bond donors (Lipinski definition) is 3. The minimum absolute atomic E-state index is 0.0359. The molecule has 0 aliphatic heterocycles. The Labute approximate surface area is 95.4 Å². The Hall–Kier alpha value is -1.62. The van der Waals surface area contributed by atoms with Crippen LogP contribution < -0.4 is 11.1 Å². The number of nitrogens with two attached hydrogens (primary N) is 1. The first-order valence-electron chi connectivity index (χ1n) is 5.32. The molecule has 0 aromatic carbocycles. The molecule has 0 radical (unpaired) electrons. The van der Waals surface area contributed by atoms with Crippen LogP contribution >= 0.6 is 0 Å². The Balaban J connectivity index is 2.17. The first-order valence-corrected chi connectivity index (χ1v) is 5.32. The number of nitrogens with one attached hydrogen (secondary N) is 1. The molecule has 1 aromatic heterocycles. The summed E-state index contributed by atoms with van der Waals surface area (Å²) < 4.78 is 0. The van der Waals surface area contributed by atoms with Crippen molar-refractivity contribution in [2.24, 2.45) is 16.8 Å². The minimum Gasteiger partial charge on any atom is -0.409 e. The van der Waals surface area contributed by atoms with Gasteiger partial charge in [-0.05, 0) is 12.1 Å². The number of amidine groups is 1. The van der Waals surface area contributed by atoms with Gasteiger partial charge >= 0.3 is 0 Å². The van der Waals surface area contributed by atoms with Crippen LogP contribution in [0.15, 0.2) is 29.6 Å². The van der Waals surface area contributed by atoms with Crippen LogP contribution in [0.1, 0.15) is 12.6 Å². The van der Waals surface area contributed by atoms with E-state index in [1.54, 1.807) is 6.20 Å². The number of oxime groups is 1. The molecule has 1 rings (SSSR count). The monoisotopic (exact) mass is 222 g/mol. The highest BCUT2D eigenvalue weighted by Gasteiger charge is 2.06. The first kappa shape index (κ1) is 12.4. The fourth-order valence-electron chi connectivity index (χ4n) is 1.28. The first-order chi connectivity index (χ1) is 7.74. The maximum atomic E-state index is 8.46. The molecule has 1 unspecified atom stereocenters. The Morgan fingerprint density at radius 2 is 2.44 bits per heavy atom. The van der Waals surface area contributed by atoms with Crippen molar-refractivity contribution in [1.82, 2.24) is 10.3 Å². The lowest BCUT2D eigenvalue weighted by Gasteiger charge is -2.10. The highest BCUT2D eigenvalue weighted by Crippen LogP contribution is 1.95. The zero-order valence-electron chi connectivity index (χ0n) is 9.43. The van der Waals surface area contributed by atoms with E-state index in [1.165, 1.54) is 0 Å². The van der Waals surface area contributed by atoms with Crippen LogP contribution in [0.25, 0.3) is 0 Å². The third-order valence-corrected chi connectivity index (χ3v) is 2.35. The highest BCUT2D eigenvalue weighted by atomic mass is 16.4. The second-order valence-corrected chi connectivity index (χ2v) is 3.70. The molecule has 0 fully saturated rings. The van der Waals surface area contributed by atoms with Gasteiger partial charge in [0.05, 0.1) is 0 Å². The summed E-state index contributed by atoms with van der Waals surface area (Å²) in [6, 6.07) is 5.87. The van der Waals surface area contributed by atoms with E-state index < -0.39 is 0 Å². The highest BCUT2D eigenvalue weighted by molar-refractivity contribution is 5.82. The molecule has 0 amide bonds. The second kappa shape index (κ2) is 6.79. The second-order valence-electron chi connectivity index (χ2n) is 3.70. The van der Waals surface area contributed by atoms with E-state index in [1.807, 2.05) is 25.1 Å². The van der Waals surface area contributed by atoms with Gasteiger partial charge in [0.25, 0.3) is 0 Å². The van der Waals surface area contributed by atoms with Gasteiger partial charge < -0.3 is 16.3 Å². The number of rotatable bonds is 6. The zero-order valence-corrected chi connectivity index (χ0v) is 9.43. The van der Waals surface area contributed by atoms with Crippen molar-refractivity contribution in [3.05, 3.63) is 30.1 Å². The summed E-state index contributed by atoms with van der Waals surface area (Å²) in [5.74, 6) is 0.291. The van der Waals surface area contributed by atoms with Gasteiger partial charge in [-0.15, -0.1) is 0 Å². The number of pyridine rings is 1. The molecule has 1 aromatic rings. The summed E-state index contributed by atoms with van der Waals surface area (Å²) in [5.41, 5.74) is 6.52. The molecular formula is C11H18N4O. The Morgan fingerprint density at radius 3 is 3.06 bits per heavy atom. The molecule has 88 valence electrons. The lowest BCUT2D eigenvalue weighted by Crippen LogP contribution is -2.32. The van der Waals surface area contributed by atoms with Crippen molar-refractivity contribution in [2.75, 3.05) is 13.1 Å². The standard InChI is InChI=1S/C11H18N4O/c1-9(11(12)15-16)8-13-7-5-10-4-2-3-6-14-10/h2-4,6,9,13,16H,5,7-8H2,1H3,(H2,12,15). The van der Waals surface area contributed by atoms with Crippen LogP contribution in [-0.4, -0.2) is 29.1 Å². The van der Waals surface area contributed by atoms with E-state index in [0.717, 1.165) is 18.7 Å². The van der Waals surface area contributed by atoms with Crippen molar-refractivity contribution in [3.8, 4) is 0 Å². The molecule has 0 spiro atoms. The van der Waals surface area contributed by atoms with Gasteiger partial charge in [0.1, 0.15) is 5.84 Å². The Kier molecular flexibility index (Phi) is 5.28. The number of nitrogens with zero attached hydrogens (tertiary/aromatic N) is 2. The maximum Gasteiger partial charge on any atom is 0.143 e. The van der Waals surface area contributed by atoms with Crippen LogP contribution in [0.2, 0.25) is 0 Å². The molecule has 1 atom stereocenters. The molecule has 4 N–H and O–H groups in total. The van der Waals surface area contributed by atoms with E-state index in [4.69, 9.17) is 10.9 Å². The summed E-state index contributed by atoms with van der Waals surface area (Å²) in [5, 5.41) is 14.7. The number of hydrogen-bond acceptors (Lipinski definition) is 4. The van der Waals surface area contributed by atoms with Crippen LogP contribution in [0.5, 0.6) is 0 Å². The summed E-state index contributed by atoms with van der Waals surface area (Å²) >= 11 is 0. The van der Waals surface area contributed by atoms with Crippen molar-refractivity contribution >= 4 is 5.84 Å². The molecule has 5 heteroatoms. The van der Waals surface area contributed by atoms with E-state index in [0.29, 0.717) is 6.54 Å². The third kappa shape index (κ3) is 4.27. The molecule has 0 bridgehead atoms. The van der Waals surface area contributed by atoms with E-state index in [9.17, 15) is 0 Å². The molecule has 0 saturated heterocycles. The lowest BCUT2D eigenvalue weighted by molar-refractivity contribution is 0.314. The Bertz CT molecular complexity index is 326. The van der Waals surface area contributed by atoms with Crippen LogP contribution in [0.3, 0.4) is 0 Å². The van der Waals surface area contributed by atoms with E-state index in [-0.39, 0.29) is 11.8 Å². The molecule has 16 heavy (non-hydrogen) atoms. The zero-order chi connectivity index (χ0) is 11.8. The largest absolute Gasteiger partial charge is 0.409 e. The fraction of sp³-hybridized carbons (Fsp3) is 0.455. The van der Waals surface area contributed by atoms with E-state index in [2.05, 4.69) is 15.5 Å². The van der Waals surface area contributed by atoms with Crippen LogP contribution in [-0.2, 0) is 6.42 Å². The molecule has 0 aliphatic carbocycles. The molecule has 5 nitrogen and oxygen atoms in total. The predicted octanol–water partition coefficient (Wildman–Crippen LogP) is 0.596. The quantitative estimate of drug-likeness (QED) is 0.216. The average molecular weight is 222 g/mol. The molecule has 1 heterocycles. The van der Waals surface area contributed by atoms with Gasteiger partial charge in [-0.25, -0.2) is 0 Å². The predicted molar refractivity (Wildman–Crippen MR) is 63.4 cm³/mol. The summed E-state index contributed by atoms with van der Waals surface area (Å²) in [7, 11) is 0. The molecule has 0 saturated carbocycles. The SMILES string of the molecule is CC(CNCCc1ccccn1)C(N)=NO. The minimum atomic E-state index is 0.0359. The fourth-order valence-corrected chi connectivity index (χ4v) is 1.28. The normalized spacial score (nSPS) is 13.7. The summed E-state index contributed by atoms with van der Waals surface area (Å²) in [6.45, 7) is 3.44. The van der Waals surface area contributed by atoms with Crippen molar-refractivity contribution in [3.63, 3.8) is 0 Å². The number of aromatic nitrogens is 1. The summed E-state index contributed by atoms with van der Waals surface area (Å²) in [6.07, 6.45) is 2.66. The van der Waals surface area contributed by atoms with Crippen LogP contribution in [0, 0.1) is 5.92 Å². The third-order valence-electron chi connectivity index (χ3n) is 2.35. The van der Waals surface area contributed by atoms with E-state index >= 15 is 0 Å². The average Bonchev–Trinajstić information content (AvgIpc) is 2.34.